The van der Waals surface area contributed by atoms with Gasteiger partial charge in [0.2, 0.25) is 0 Å². The van der Waals surface area contributed by atoms with Gasteiger partial charge in [0, 0.05) is 19.6 Å². The molecule has 17 heavy (non-hydrogen) atoms. The molecular formula is C13H27ClO3. The summed E-state index contributed by atoms with van der Waals surface area (Å²) in [4.78, 5) is 0. The zero-order chi connectivity index (χ0) is 13.0. The molecule has 104 valence electrons. The first-order valence-corrected chi connectivity index (χ1v) is 6.92. The Morgan fingerprint density at radius 1 is 0.941 bits per heavy atom. The highest BCUT2D eigenvalue weighted by Crippen LogP contribution is 2.28. The third-order valence-electron chi connectivity index (χ3n) is 2.83. The fourth-order valence-corrected chi connectivity index (χ4v) is 1.91. The van der Waals surface area contributed by atoms with E-state index in [1.165, 1.54) is 6.42 Å². The van der Waals surface area contributed by atoms with Gasteiger partial charge in [-0.25, -0.2) is 0 Å². The van der Waals surface area contributed by atoms with Crippen molar-refractivity contribution < 1.29 is 14.2 Å². The lowest BCUT2D eigenvalue weighted by molar-refractivity contribution is 0.0182. The van der Waals surface area contributed by atoms with Crippen LogP contribution in [0, 0.1) is 5.41 Å². The molecule has 0 N–H and O–H groups in total. The number of halogens is 1. The van der Waals surface area contributed by atoms with Gasteiger partial charge in [0.25, 0.3) is 0 Å². The maximum atomic E-state index is 5.99. The smallest absolute Gasteiger partial charge is 0.0701 e. The van der Waals surface area contributed by atoms with Gasteiger partial charge in [0.1, 0.15) is 0 Å². The molecule has 0 saturated heterocycles. The lowest BCUT2D eigenvalue weighted by Crippen LogP contribution is -2.21. The van der Waals surface area contributed by atoms with E-state index in [2.05, 4.69) is 13.8 Å². The lowest BCUT2D eigenvalue weighted by Gasteiger charge is -2.26. The average Bonchev–Trinajstić information content (AvgIpc) is 2.33. The van der Waals surface area contributed by atoms with Crippen LogP contribution in [0.1, 0.15) is 33.1 Å². The Bertz CT molecular complexity index is 167. The molecule has 0 heterocycles. The van der Waals surface area contributed by atoms with E-state index in [1.54, 1.807) is 7.11 Å². The summed E-state index contributed by atoms with van der Waals surface area (Å²) in [6, 6.07) is 0. The number of hydrogen-bond donors (Lipinski definition) is 0. The molecular weight excluding hydrogens is 240 g/mol. The van der Waals surface area contributed by atoms with Crippen molar-refractivity contribution in [2.75, 3.05) is 46.0 Å². The molecule has 0 radical (unpaired) electrons. The molecule has 0 aromatic heterocycles. The van der Waals surface area contributed by atoms with Crippen LogP contribution in [0.2, 0.25) is 0 Å². The van der Waals surface area contributed by atoms with E-state index in [9.17, 15) is 0 Å². The second kappa shape index (κ2) is 11.3. The van der Waals surface area contributed by atoms with E-state index >= 15 is 0 Å². The Hall–Kier alpha value is 0.170. The predicted octanol–water partition coefficient (Wildman–Crippen LogP) is 3.10. The number of methoxy groups -OCH3 is 1. The van der Waals surface area contributed by atoms with Crippen molar-refractivity contribution in [2.24, 2.45) is 5.41 Å². The molecule has 0 aliphatic heterocycles. The number of alkyl halides is 1. The number of hydrogen-bond acceptors (Lipinski definition) is 3. The van der Waals surface area contributed by atoms with Crippen LogP contribution in [0.5, 0.6) is 0 Å². The molecule has 0 aliphatic rings. The Morgan fingerprint density at radius 3 is 2.06 bits per heavy atom. The minimum atomic E-state index is 0.215. The first-order valence-electron chi connectivity index (χ1n) is 6.39. The number of ether oxygens (including phenoxy) is 3. The molecule has 1 unspecified atom stereocenters. The van der Waals surface area contributed by atoms with Crippen molar-refractivity contribution in [2.45, 2.75) is 33.1 Å². The monoisotopic (exact) mass is 266 g/mol. The maximum absolute atomic E-state index is 5.99. The standard InChI is InChI=1S/C13H27ClO3/c1-4-5-13(2,12-14)6-7-16-10-11-17-9-8-15-3/h4-12H2,1-3H3. The van der Waals surface area contributed by atoms with E-state index < -0.39 is 0 Å². The van der Waals surface area contributed by atoms with Crippen molar-refractivity contribution in [3.05, 3.63) is 0 Å². The summed E-state index contributed by atoms with van der Waals surface area (Å²) >= 11 is 5.99. The second-order valence-corrected chi connectivity index (χ2v) is 4.93. The largest absolute Gasteiger partial charge is 0.382 e. The van der Waals surface area contributed by atoms with Crippen molar-refractivity contribution in [3.63, 3.8) is 0 Å². The van der Waals surface area contributed by atoms with Crippen LogP contribution in [0.15, 0.2) is 0 Å². The van der Waals surface area contributed by atoms with Gasteiger partial charge in [-0.15, -0.1) is 11.6 Å². The normalized spacial score (nSPS) is 14.8. The highest BCUT2D eigenvalue weighted by atomic mass is 35.5. The van der Waals surface area contributed by atoms with Crippen molar-refractivity contribution in [1.82, 2.24) is 0 Å². The second-order valence-electron chi connectivity index (χ2n) is 4.66. The van der Waals surface area contributed by atoms with Crippen LogP contribution in [-0.4, -0.2) is 46.0 Å². The van der Waals surface area contributed by atoms with E-state index in [-0.39, 0.29) is 5.41 Å². The fourth-order valence-electron chi connectivity index (χ4n) is 1.64. The summed E-state index contributed by atoms with van der Waals surface area (Å²) in [5.41, 5.74) is 0.215. The van der Waals surface area contributed by atoms with Crippen LogP contribution in [0.4, 0.5) is 0 Å². The molecule has 0 aromatic carbocycles. The minimum Gasteiger partial charge on any atom is -0.382 e. The lowest BCUT2D eigenvalue weighted by atomic mass is 9.85. The van der Waals surface area contributed by atoms with Crippen molar-refractivity contribution in [1.29, 1.82) is 0 Å². The predicted molar refractivity (Wildman–Crippen MR) is 71.9 cm³/mol. The molecule has 0 aromatic rings. The third-order valence-corrected chi connectivity index (χ3v) is 3.48. The molecule has 0 fully saturated rings. The summed E-state index contributed by atoms with van der Waals surface area (Å²) in [6.07, 6.45) is 3.34. The molecule has 0 bridgehead atoms. The Balaban J connectivity index is 3.37. The van der Waals surface area contributed by atoms with Crippen LogP contribution < -0.4 is 0 Å². The van der Waals surface area contributed by atoms with Gasteiger partial charge in [0.05, 0.1) is 26.4 Å². The summed E-state index contributed by atoms with van der Waals surface area (Å²) < 4.78 is 15.7. The first-order chi connectivity index (χ1) is 8.18. The van der Waals surface area contributed by atoms with Crippen LogP contribution >= 0.6 is 11.6 Å². The summed E-state index contributed by atoms with van der Waals surface area (Å²) in [5, 5.41) is 0. The van der Waals surface area contributed by atoms with Crippen molar-refractivity contribution >= 4 is 11.6 Å². The van der Waals surface area contributed by atoms with E-state index in [1.807, 2.05) is 0 Å². The quantitative estimate of drug-likeness (QED) is 0.401. The molecule has 1 atom stereocenters. The molecule has 0 amide bonds. The van der Waals surface area contributed by atoms with Crippen LogP contribution in [-0.2, 0) is 14.2 Å². The zero-order valence-electron chi connectivity index (χ0n) is 11.5. The van der Waals surface area contributed by atoms with E-state index in [0.29, 0.717) is 32.3 Å². The van der Waals surface area contributed by atoms with Gasteiger partial charge < -0.3 is 14.2 Å². The Labute approximate surface area is 111 Å². The van der Waals surface area contributed by atoms with Crippen molar-refractivity contribution in [3.8, 4) is 0 Å². The SMILES string of the molecule is CCCC(C)(CCl)CCOCCOCCOC. The summed E-state index contributed by atoms with van der Waals surface area (Å²) in [5.74, 6) is 0.703. The Kier molecular flexibility index (Phi) is 11.4. The molecule has 0 spiro atoms. The van der Waals surface area contributed by atoms with Gasteiger partial charge >= 0.3 is 0 Å². The van der Waals surface area contributed by atoms with Gasteiger partial charge in [0.15, 0.2) is 0 Å². The van der Waals surface area contributed by atoms with Gasteiger partial charge in [-0.05, 0) is 18.3 Å². The van der Waals surface area contributed by atoms with Crippen LogP contribution in [0.3, 0.4) is 0 Å². The maximum Gasteiger partial charge on any atom is 0.0701 e. The van der Waals surface area contributed by atoms with E-state index in [4.69, 9.17) is 25.8 Å². The zero-order valence-corrected chi connectivity index (χ0v) is 12.2. The number of rotatable bonds is 12. The third kappa shape index (κ3) is 9.83. The Morgan fingerprint density at radius 2 is 1.53 bits per heavy atom. The van der Waals surface area contributed by atoms with Gasteiger partial charge in [-0.2, -0.15) is 0 Å². The van der Waals surface area contributed by atoms with Gasteiger partial charge in [-0.1, -0.05) is 20.3 Å². The van der Waals surface area contributed by atoms with Gasteiger partial charge in [-0.3, -0.25) is 0 Å². The molecule has 0 aliphatic carbocycles. The molecule has 4 heteroatoms. The fraction of sp³-hybridized carbons (Fsp3) is 1.00. The highest BCUT2D eigenvalue weighted by molar-refractivity contribution is 6.18. The highest BCUT2D eigenvalue weighted by Gasteiger charge is 2.21. The topological polar surface area (TPSA) is 27.7 Å². The summed E-state index contributed by atoms with van der Waals surface area (Å²) in [6.45, 7) is 7.73. The molecule has 3 nitrogen and oxygen atoms in total. The van der Waals surface area contributed by atoms with Crippen LogP contribution in [0.25, 0.3) is 0 Å². The van der Waals surface area contributed by atoms with E-state index in [0.717, 1.165) is 19.4 Å². The minimum absolute atomic E-state index is 0.215. The first kappa shape index (κ1) is 17.2. The molecule has 0 saturated carbocycles. The average molecular weight is 267 g/mol. The summed E-state index contributed by atoms with van der Waals surface area (Å²) in [7, 11) is 1.67. The molecule has 0 rings (SSSR count).